The van der Waals surface area contributed by atoms with Gasteiger partial charge in [-0.05, 0) is 37.1 Å². The number of ether oxygens (including phenoxy) is 3. The molecule has 1 aromatic carbocycles. The van der Waals surface area contributed by atoms with E-state index in [0.29, 0.717) is 53.7 Å². The second-order valence-electron chi connectivity index (χ2n) is 6.59. The lowest BCUT2D eigenvalue weighted by Gasteiger charge is -2.25. The van der Waals surface area contributed by atoms with Crippen LogP contribution < -0.4 is 14.8 Å². The first-order valence-corrected chi connectivity index (χ1v) is 10.5. The SMILES string of the molecule is CCOC(=O)N1CCc2c(sc(NC(=O)C=Cc3c(OC)cccc3OC)c2C#N)C1. The average Bonchev–Trinajstić information content (AvgIpc) is 3.13. The molecule has 1 aliphatic heterocycles. The number of anilines is 1. The Kier molecular flexibility index (Phi) is 7.15. The molecule has 2 aromatic rings. The second-order valence-corrected chi connectivity index (χ2v) is 7.69. The Bertz CT molecular complexity index is 1030. The number of amides is 2. The Morgan fingerprint density at radius 3 is 2.61 bits per heavy atom. The largest absolute Gasteiger partial charge is 0.496 e. The van der Waals surface area contributed by atoms with Gasteiger partial charge in [-0.2, -0.15) is 5.26 Å². The molecule has 0 atom stereocenters. The third-order valence-corrected chi connectivity index (χ3v) is 5.93. The minimum absolute atomic E-state index is 0.306. The summed E-state index contributed by atoms with van der Waals surface area (Å²) in [6, 6.07) is 7.53. The lowest BCUT2D eigenvalue weighted by molar-refractivity contribution is -0.111. The first-order valence-electron chi connectivity index (χ1n) is 9.68. The number of benzene rings is 1. The molecule has 0 fully saturated rings. The van der Waals surface area contributed by atoms with Crippen LogP contribution in [-0.4, -0.2) is 44.3 Å². The van der Waals surface area contributed by atoms with E-state index in [1.165, 1.54) is 17.4 Å². The van der Waals surface area contributed by atoms with Crippen molar-refractivity contribution in [3.8, 4) is 17.6 Å². The number of fused-ring (bicyclic) bond motifs is 1. The molecule has 31 heavy (non-hydrogen) atoms. The molecular weight excluding hydrogens is 418 g/mol. The van der Waals surface area contributed by atoms with Crippen LogP contribution in [0.4, 0.5) is 9.80 Å². The number of carbonyl (C=O) groups is 2. The summed E-state index contributed by atoms with van der Waals surface area (Å²) in [6.07, 6.45) is 3.14. The van der Waals surface area contributed by atoms with Crippen molar-refractivity contribution in [3.05, 3.63) is 45.8 Å². The van der Waals surface area contributed by atoms with E-state index < -0.39 is 0 Å². The summed E-state index contributed by atoms with van der Waals surface area (Å²) < 4.78 is 15.7. The third kappa shape index (κ3) is 4.81. The maximum atomic E-state index is 12.6. The van der Waals surface area contributed by atoms with Crippen LogP contribution in [-0.2, 0) is 22.5 Å². The van der Waals surface area contributed by atoms with Crippen LogP contribution in [0.25, 0.3) is 6.08 Å². The molecule has 0 spiro atoms. The van der Waals surface area contributed by atoms with E-state index >= 15 is 0 Å². The second kappa shape index (κ2) is 10.00. The number of methoxy groups -OCH3 is 2. The summed E-state index contributed by atoms with van der Waals surface area (Å²) >= 11 is 1.30. The van der Waals surface area contributed by atoms with Crippen molar-refractivity contribution in [2.75, 3.05) is 32.7 Å². The van der Waals surface area contributed by atoms with Crippen molar-refractivity contribution >= 4 is 34.4 Å². The summed E-state index contributed by atoms with van der Waals surface area (Å²) in [7, 11) is 3.09. The number of thiophene rings is 1. The average molecular weight is 442 g/mol. The minimum atomic E-state index is -0.384. The number of nitrogens with zero attached hydrogens (tertiary/aromatic N) is 2. The highest BCUT2D eigenvalue weighted by Crippen LogP contribution is 2.37. The van der Waals surface area contributed by atoms with Crippen LogP contribution in [0, 0.1) is 11.3 Å². The molecule has 3 rings (SSSR count). The van der Waals surface area contributed by atoms with E-state index in [1.54, 1.807) is 50.3 Å². The highest BCUT2D eigenvalue weighted by Gasteiger charge is 2.28. The molecule has 8 nitrogen and oxygen atoms in total. The van der Waals surface area contributed by atoms with Gasteiger partial charge in [0.1, 0.15) is 22.6 Å². The van der Waals surface area contributed by atoms with Crippen molar-refractivity contribution in [1.82, 2.24) is 4.90 Å². The molecule has 1 N–H and O–H groups in total. The fraction of sp³-hybridized carbons (Fsp3) is 0.318. The van der Waals surface area contributed by atoms with Gasteiger partial charge in [0.2, 0.25) is 5.91 Å². The number of carbonyl (C=O) groups excluding carboxylic acids is 2. The zero-order valence-corrected chi connectivity index (χ0v) is 18.4. The monoisotopic (exact) mass is 441 g/mol. The summed E-state index contributed by atoms with van der Waals surface area (Å²) in [5.74, 6) is 0.767. The van der Waals surface area contributed by atoms with Crippen molar-refractivity contribution in [3.63, 3.8) is 0 Å². The zero-order valence-electron chi connectivity index (χ0n) is 17.6. The molecular formula is C22H23N3O5S. The van der Waals surface area contributed by atoms with Crippen LogP contribution >= 0.6 is 11.3 Å². The number of nitriles is 1. The number of nitrogens with one attached hydrogen (secondary N) is 1. The van der Waals surface area contributed by atoms with Gasteiger partial charge in [-0.25, -0.2) is 4.79 Å². The predicted molar refractivity (Wildman–Crippen MR) is 117 cm³/mol. The smallest absolute Gasteiger partial charge is 0.410 e. The molecule has 1 aliphatic rings. The van der Waals surface area contributed by atoms with Gasteiger partial charge in [0.05, 0.1) is 38.5 Å². The molecule has 2 amide bonds. The number of hydrogen-bond donors (Lipinski definition) is 1. The van der Waals surface area contributed by atoms with Gasteiger partial charge >= 0.3 is 6.09 Å². The maximum Gasteiger partial charge on any atom is 0.410 e. The highest BCUT2D eigenvalue weighted by atomic mass is 32.1. The van der Waals surface area contributed by atoms with Gasteiger partial charge in [0.25, 0.3) is 0 Å². The molecule has 162 valence electrons. The van der Waals surface area contributed by atoms with E-state index in [4.69, 9.17) is 14.2 Å². The molecule has 0 saturated heterocycles. The van der Waals surface area contributed by atoms with Crippen molar-refractivity contribution in [2.24, 2.45) is 0 Å². The fourth-order valence-corrected chi connectivity index (χ4v) is 4.55. The van der Waals surface area contributed by atoms with Crippen LogP contribution in [0.5, 0.6) is 11.5 Å². The van der Waals surface area contributed by atoms with E-state index in [0.717, 1.165) is 10.4 Å². The van der Waals surface area contributed by atoms with Gasteiger partial charge in [0.15, 0.2) is 0 Å². The van der Waals surface area contributed by atoms with Crippen molar-refractivity contribution < 1.29 is 23.8 Å². The van der Waals surface area contributed by atoms with Crippen molar-refractivity contribution in [1.29, 1.82) is 5.26 Å². The Hall–Kier alpha value is -3.51. The number of hydrogen-bond acceptors (Lipinski definition) is 7. The molecule has 1 aromatic heterocycles. The summed E-state index contributed by atoms with van der Waals surface area (Å²) in [4.78, 5) is 27.0. The fourth-order valence-electron chi connectivity index (χ4n) is 3.34. The molecule has 0 unspecified atom stereocenters. The van der Waals surface area contributed by atoms with E-state index in [2.05, 4.69) is 11.4 Å². The molecule has 0 bridgehead atoms. The van der Waals surface area contributed by atoms with E-state index in [1.807, 2.05) is 0 Å². The Morgan fingerprint density at radius 2 is 2.00 bits per heavy atom. The molecule has 0 saturated carbocycles. The standard InChI is InChI=1S/C22H23N3O5S/c1-4-30-22(27)25-11-10-14-16(12-23)21(31-19(14)13-25)24-20(26)9-8-15-17(28-2)6-5-7-18(15)29-3/h5-9H,4,10-11,13H2,1-3H3,(H,24,26). The zero-order chi connectivity index (χ0) is 22.4. The lowest BCUT2D eigenvalue weighted by atomic mass is 10.0. The predicted octanol–water partition coefficient (Wildman–Crippen LogP) is 3.80. The molecule has 0 radical (unpaired) electrons. The van der Waals surface area contributed by atoms with Gasteiger partial charge in [-0.1, -0.05) is 6.07 Å². The van der Waals surface area contributed by atoms with Crippen LogP contribution in [0.15, 0.2) is 24.3 Å². The van der Waals surface area contributed by atoms with Gasteiger partial charge in [-0.3, -0.25) is 4.79 Å². The minimum Gasteiger partial charge on any atom is -0.496 e. The summed E-state index contributed by atoms with van der Waals surface area (Å²) in [5, 5.41) is 12.9. The van der Waals surface area contributed by atoms with Gasteiger partial charge in [-0.15, -0.1) is 11.3 Å². The normalized spacial score (nSPS) is 12.8. The van der Waals surface area contributed by atoms with Crippen LogP contribution in [0.2, 0.25) is 0 Å². The summed E-state index contributed by atoms with van der Waals surface area (Å²) in [5.41, 5.74) is 1.96. The molecule has 9 heteroatoms. The Labute approximate surface area is 184 Å². The van der Waals surface area contributed by atoms with Gasteiger partial charge in [0, 0.05) is 17.5 Å². The Balaban J connectivity index is 1.78. The summed E-state index contributed by atoms with van der Waals surface area (Å²) in [6.45, 7) is 2.89. The first kappa shape index (κ1) is 22.2. The molecule has 0 aliphatic carbocycles. The third-order valence-electron chi connectivity index (χ3n) is 4.80. The highest BCUT2D eigenvalue weighted by molar-refractivity contribution is 7.16. The topological polar surface area (TPSA) is 101 Å². The lowest BCUT2D eigenvalue weighted by Crippen LogP contribution is -2.35. The van der Waals surface area contributed by atoms with E-state index in [9.17, 15) is 14.9 Å². The van der Waals surface area contributed by atoms with Crippen LogP contribution in [0.3, 0.4) is 0 Å². The Morgan fingerprint density at radius 1 is 1.29 bits per heavy atom. The van der Waals surface area contributed by atoms with Gasteiger partial charge < -0.3 is 24.4 Å². The molecule has 2 heterocycles. The van der Waals surface area contributed by atoms with Crippen LogP contribution in [0.1, 0.15) is 28.5 Å². The quantitative estimate of drug-likeness (QED) is 0.684. The maximum absolute atomic E-state index is 12.6. The number of rotatable bonds is 6. The van der Waals surface area contributed by atoms with E-state index in [-0.39, 0.29) is 12.0 Å². The first-order chi connectivity index (χ1) is 15.0. The van der Waals surface area contributed by atoms with Crippen molar-refractivity contribution in [2.45, 2.75) is 19.9 Å².